The lowest BCUT2D eigenvalue weighted by molar-refractivity contribution is 0.200. The molecule has 0 atom stereocenters. The Hall–Kier alpha value is -3.12. The van der Waals surface area contributed by atoms with Crippen molar-refractivity contribution in [3.8, 4) is 22.4 Å². The average Bonchev–Trinajstić information content (AvgIpc) is 3.06. The number of piperidine rings is 1. The van der Waals surface area contributed by atoms with Crippen LogP contribution in [-0.4, -0.2) is 34.0 Å². The molecule has 2 aromatic heterocycles. The molecule has 1 fully saturated rings. The molecule has 0 amide bonds. The Labute approximate surface area is 316 Å². The van der Waals surface area contributed by atoms with Gasteiger partial charge >= 0.3 is 0 Å². The third kappa shape index (κ3) is 9.57. The van der Waals surface area contributed by atoms with E-state index in [1.54, 1.807) is 0 Å². The maximum atomic E-state index is 6.32. The highest BCUT2D eigenvalue weighted by Gasteiger charge is 2.26. The van der Waals surface area contributed by atoms with Gasteiger partial charge in [0.2, 0.25) is 0 Å². The van der Waals surface area contributed by atoms with Crippen LogP contribution in [0.25, 0.3) is 22.4 Å². The predicted molar refractivity (Wildman–Crippen MR) is 215 cm³/mol. The van der Waals surface area contributed by atoms with Crippen molar-refractivity contribution in [3.05, 3.63) is 135 Å². The monoisotopic (exact) mass is 736 g/mol. The molecule has 0 radical (unpaired) electrons. The Bertz CT molecular complexity index is 1800. The summed E-state index contributed by atoms with van der Waals surface area (Å²) >= 11 is 6.32. The summed E-state index contributed by atoms with van der Waals surface area (Å²) in [4.78, 5) is 14.6. The molecule has 8 heteroatoms. The van der Waals surface area contributed by atoms with Crippen molar-refractivity contribution in [2.45, 2.75) is 73.5 Å². The van der Waals surface area contributed by atoms with Crippen LogP contribution in [0.2, 0.25) is 5.02 Å². The number of hydrogen-bond acceptors (Lipinski definition) is 4. The van der Waals surface area contributed by atoms with Gasteiger partial charge in [-0.3, -0.25) is 14.9 Å². The Balaban J connectivity index is 0.00000217. The van der Waals surface area contributed by atoms with E-state index in [0.29, 0.717) is 6.04 Å². The number of hydrogen-bond donors (Lipinski definition) is 0. The first-order valence-electron chi connectivity index (χ1n) is 16.4. The van der Waals surface area contributed by atoms with Crippen LogP contribution in [0.1, 0.15) is 57.3 Å². The van der Waals surface area contributed by atoms with Crippen molar-refractivity contribution in [1.82, 2.24) is 14.9 Å². The lowest BCUT2D eigenvalue weighted by Gasteiger charge is -2.40. The minimum Gasteiger partial charge on any atom is -0.364 e. The van der Waals surface area contributed by atoms with Crippen molar-refractivity contribution >= 4 is 54.5 Å². The first kappa shape index (κ1) is 40.3. The summed E-state index contributed by atoms with van der Waals surface area (Å²) in [5, 5.41) is 0.765. The van der Waals surface area contributed by atoms with E-state index in [2.05, 4.69) is 111 Å². The molecule has 1 aliphatic heterocycles. The minimum atomic E-state index is 0. The second kappa shape index (κ2) is 17.7. The van der Waals surface area contributed by atoms with E-state index in [4.69, 9.17) is 16.6 Å². The highest BCUT2D eigenvalue weighted by molar-refractivity contribution is 6.30. The van der Waals surface area contributed by atoms with Crippen LogP contribution in [0.15, 0.2) is 85.3 Å². The zero-order valence-electron chi connectivity index (χ0n) is 29.3. The molecule has 5 aromatic rings. The molecule has 260 valence electrons. The number of aryl methyl sites for hydroxylation is 4. The fourth-order valence-corrected chi connectivity index (χ4v) is 6.88. The quantitative estimate of drug-likeness (QED) is 0.159. The number of pyridine rings is 2. The van der Waals surface area contributed by atoms with Gasteiger partial charge in [0.05, 0.1) is 5.69 Å². The summed E-state index contributed by atoms with van der Waals surface area (Å²) < 4.78 is 0. The number of halogens is 4. The molecule has 0 saturated carbocycles. The second-order valence-electron chi connectivity index (χ2n) is 13.2. The fourth-order valence-electron chi connectivity index (χ4n) is 6.76. The summed E-state index contributed by atoms with van der Waals surface area (Å²) in [5.41, 5.74) is 16.4. The van der Waals surface area contributed by atoms with Crippen molar-refractivity contribution in [2.24, 2.45) is 0 Å². The van der Waals surface area contributed by atoms with Gasteiger partial charge in [-0.05, 0) is 159 Å². The van der Waals surface area contributed by atoms with Gasteiger partial charge in [0, 0.05) is 72.6 Å². The number of rotatable bonds is 8. The maximum absolute atomic E-state index is 6.32. The SMILES string of the molecule is Cc1cc(-c2cncc(CN3CCC(N(Cc4ccnc(-c5cc(C)c(C)c(C)c5)c4)c4ccc(Cl)cc4)CC3)c2)cc(C)c1C.Cl.Cl.Cl. The maximum Gasteiger partial charge on any atom is 0.0705 e. The van der Waals surface area contributed by atoms with Crippen molar-refractivity contribution in [2.75, 3.05) is 18.0 Å². The molecular formula is C41H48Cl4N4. The van der Waals surface area contributed by atoms with Gasteiger partial charge in [0.15, 0.2) is 0 Å². The molecule has 49 heavy (non-hydrogen) atoms. The Morgan fingerprint density at radius 2 is 1.24 bits per heavy atom. The number of benzene rings is 3. The Kier molecular flexibility index (Phi) is 14.6. The first-order valence-corrected chi connectivity index (χ1v) is 16.8. The van der Waals surface area contributed by atoms with Gasteiger partial charge in [0.1, 0.15) is 0 Å². The molecule has 1 saturated heterocycles. The largest absolute Gasteiger partial charge is 0.364 e. The van der Waals surface area contributed by atoms with Crippen LogP contribution >= 0.6 is 48.8 Å². The smallest absolute Gasteiger partial charge is 0.0705 e. The van der Waals surface area contributed by atoms with Crippen LogP contribution < -0.4 is 4.90 Å². The minimum absolute atomic E-state index is 0. The van der Waals surface area contributed by atoms with Crippen LogP contribution in [-0.2, 0) is 13.1 Å². The summed E-state index contributed by atoms with van der Waals surface area (Å²) in [6.07, 6.45) is 8.18. The van der Waals surface area contributed by atoms with Crippen molar-refractivity contribution in [1.29, 1.82) is 0 Å². The van der Waals surface area contributed by atoms with Crippen molar-refractivity contribution < 1.29 is 0 Å². The van der Waals surface area contributed by atoms with E-state index in [1.165, 1.54) is 66.9 Å². The molecule has 0 N–H and O–H groups in total. The van der Waals surface area contributed by atoms with Gasteiger partial charge in [-0.2, -0.15) is 0 Å². The molecule has 4 nitrogen and oxygen atoms in total. The van der Waals surface area contributed by atoms with Crippen LogP contribution in [0.5, 0.6) is 0 Å². The molecule has 6 rings (SSSR count). The standard InChI is InChI=1S/C41H45ClN4.3ClH/c1-27-17-35(18-28(2)31(27)5)37-21-34(23-43-24-37)25-45-15-12-40(13-16-45)46(39-9-7-38(42)8-10-39)26-33-11-14-44-41(22-33)36-19-29(3)32(6)30(4)20-36;;;/h7-11,14,17-24,40H,12-13,15-16,25-26H2,1-6H3;3*1H. The van der Waals surface area contributed by atoms with Gasteiger partial charge in [-0.25, -0.2) is 0 Å². The van der Waals surface area contributed by atoms with Gasteiger partial charge < -0.3 is 4.90 Å². The first-order chi connectivity index (χ1) is 22.1. The highest BCUT2D eigenvalue weighted by atomic mass is 35.5. The molecule has 3 aromatic carbocycles. The van der Waals surface area contributed by atoms with Crippen LogP contribution in [0.4, 0.5) is 5.69 Å². The highest BCUT2D eigenvalue weighted by Crippen LogP contribution is 2.30. The third-order valence-electron chi connectivity index (χ3n) is 10.0. The molecule has 0 unspecified atom stereocenters. The second-order valence-corrected chi connectivity index (χ2v) is 13.6. The molecule has 0 spiro atoms. The van der Waals surface area contributed by atoms with Crippen LogP contribution in [0, 0.1) is 41.5 Å². The number of anilines is 1. The topological polar surface area (TPSA) is 32.3 Å². The summed E-state index contributed by atoms with van der Waals surface area (Å²) in [6, 6.07) is 24.6. The lowest BCUT2D eigenvalue weighted by Crippen LogP contribution is -2.44. The summed E-state index contributed by atoms with van der Waals surface area (Å²) in [7, 11) is 0. The normalized spacial score (nSPS) is 13.2. The molecular weight excluding hydrogens is 690 g/mol. The lowest BCUT2D eigenvalue weighted by atomic mass is 9.96. The molecule has 0 aliphatic carbocycles. The van der Waals surface area contributed by atoms with Gasteiger partial charge in [0.25, 0.3) is 0 Å². The third-order valence-corrected chi connectivity index (χ3v) is 10.3. The summed E-state index contributed by atoms with van der Waals surface area (Å²) in [5.74, 6) is 0. The number of aromatic nitrogens is 2. The Morgan fingerprint density at radius 1 is 0.673 bits per heavy atom. The van der Waals surface area contributed by atoms with E-state index in [1.807, 2.05) is 30.7 Å². The van der Waals surface area contributed by atoms with E-state index < -0.39 is 0 Å². The van der Waals surface area contributed by atoms with E-state index in [9.17, 15) is 0 Å². The van der Waals surface area contributed by atoms with Gasteiger partial charge in [-0.15, -0.1) is 37.2 Å². The Morgan fingerprint density at radius 3 is 1.84 bits per heavy atom. The zero-order valence-corrected chi connectivity index (χ0v) is 32.5. The summed E-state index contributed by atoms with van der Waals surface area (Å²) in [6.45, 7) is 17.0. The predicted octanol–water partition coefficient (Wildman–Crippen LogP) is 11.3. The zero-order chi connectivity index (χ0) is 32.4. The average molecular weight is 739 g/mol. The molecule has 1 aliphatic rings. The molecule has 3 heterocycles. The van der Waals surface area contributed by atoms with E-state index in [-0.39, 0.29) is 37.2 Å². The fraction of sp³-hybridized carbons (Fsp3) is 0.317. The van der Waals surface area contributed by atoms with E-state index >= 15 is 0 Å². The van der Waals surface area contributed by atoms with Crippen LogP contribution in [0.3, 0.4) is 0 Å². The number of nitrogens with zero attached hydrogens (tertiary/aromatic N) is 4. The van der Waals surface area contributed by atoms with E-state index in [0.717, 1.165) is 49.7 Å². The van der Waals surface area contributed by atoms with Gasteiger partial charge in [-0.1, -0.05) is 23.7 Å². The number of likely N-dealkylation sites (tertiary alicyclic amines) is 1. The molecule has 0 bridgehead atoms. The van der Waals surface area contributed by atoms with Crippen molar-refractivity contribution in [3.63, 3.8) is 0 Å².